The van der Waals surface area contributed by atoms with Crippen molar-refractivity contribution in [1.82, 2.24) is 4.90 Å². The highest BCUT2D eigenvalue weighted by molar-refractivity contribution is 5.89. The Labute approximate surface area is 222 Å². The molecule has 1 spiro atoms. The molecule has 0 aromatic heterocycles. The maximum Gasteiger partial charge on any atom is 0.342 e. The van der Waals surface area contributed by atoms with Gasteiger partial charge in [0.15, 0.2) is 29.3 Å². The van der Waals surface area contributed by atoms with E-state index in [1.54, 1.807) is 0 Å². The Bertz CT molecular complexity index is 1130. The number of fused-ring (bicyclic) bond motifs is 3. The number of rotatable bonds is 8. The van der Waals surface area contributed by atoms with Gasteiger partial charge in [-0.25, -0.2) is 9.59 Å². The Balaban J connectivity index is 1.56. The lowest BCUT2D eigenvalue weighted by Gasteiger charge is -2.40. The average molecular weight is 532 g/mol. The van der Waals surface area contributed by atoms with Crippen molar-refractivity contribution in [2.45, 2.75) is 75.2 Å². The summed E-state index contributed by atoms with van der Waals surface area (Å²) in [6.07, 6.45) is 1.88. The second-order valence-corrected chi connectivity index (χ2v) is 11.1. The molecule has 0 radical (unpaired) electrons. The number of aliphatic hydroxyl groups is 2. The first-order valence-corrected chi connectivity index (χ1v) is 13.3. The van der Waals surface area contributed by atoms with Gasteiger partial charge in [0, 0.05) is 6.54 Å². The molecule has 3 heterocycles. The predicted octanol–water partition coefficient (Wildman–Crippen LogP) is 2.05. The molecule has 5 atom stereocenters. The summed E-state index contributed by atoms with van der Waals surface area (Å²) in [4.78, 5) is 28.4. The van der Waals surface area contributed by atoms with Crippen molar-refractivity contribution in [1.29, 1.82) is 0 Å². The van der Waals surface area contributed by atoms with Gasteiger partial charge in [0.2, 0.25) is 6.79 Å². The third kappa shape index (κ3) is 4.23. The highest BCUT2D eigenvalue weighted by atomic mass is 16.7. The van der Waals surface area contributed by atoms with Crippen molar-refractivity contribution in [2.75, 3.05) is 34.1 Å². The molecular weight excluding hydrogens is 494 g/mol. The monoisotopic (exact) mass is 531 g/mol. The number of hydrogen-bond acceptors (Lipinski definition) is 10. The van der Waals surface area contributed by atoms with Gasteiger partial charge in [-0.2, -0.15) is 0 Å². The maximum absolute atomic E-state index is 13.7. The predicted molar refractivity (Wildman–Crippen MR) is 135 cm³/mol. The molecule has 10 heteroatoms. The van der Waals surface area contributed by atoms with E-state index in [0.29, 0.717) is 23.7 Å². The van der Waals surface area contributed by atoms with E-state index in [0.717, 1.165) is 50.6 Å². The molecule has 5 rings (SSSR count). The van der Waals surface area contributed by atoms with Crippen molar-refractivity contribution in [3.8, 4) is 11.5 Å². The quantitative estimate of drug-likeness (QED) is 0.482. The smallest absolute Gasteiger partial charge is 0.342 e. The van der Waals surface area contributed by atoms with Crippen molar-refractivity contribution in [3.05, 3.63) is 35.1 Å². The Morgan fingerprint density at radius 2 is 1.95 bits per heavy atom. The summed E-state index contributed by atoms with van der Waals surface area (Å²) in [7, 11) is 2.62. The van der Waals surface area contributed by atoms with Crippen LogP contribution in [0.25, 0.3) is 0 Å². The molecule has 1 aliphatic carbocycles. The Morgan fingerprint density at radius 3 is 2.63 bits per heavy atom. The standard InChI is InChI=1S/C28H37NO9/c1-16(2)6-9-28(33,24(30)25(31)35-4)26(32)38-23-21(34-3)14-27-8-5-10-29(27)11-7-17-12-19-20(37-15-36-19)13-18(17)22(23)27/h12-14,16,22-24,30,33H,5-11,15H2,1-4H3/t22-,23+,24-,27-,28+/m0/s1. The van der Waals surface area contributed by atoms with Gasteiger partial charge >= 0.3 is 11.9 Å². The number of carbonyl (C=O) groups excluding carboxylic acids is 2. The van der Waals surface area contributed by atoms with Crippen molar-refractivity contribution in [2.24, 2.45) is 5.92 Å². The molecule has 0 amide bonds. The van der Waals surface area contributed by atoms with Gasteiger partial charge in [0.25, 0.3) is 0 Å². The van der Waals surface area contributed by atoms with E-state index < -0.39 is 35.3 Å². The molecule has 38 heavy (non-hydrogen) atoms. The average Bonchev–Trinajstić information content (AvgIpc) is 3.59. The summed E-state index contributed by atoms with van der Waals surface area (Å²) in [5, 5.41) is 22.1. The molecule has 1 fully saturated rings. The van der Waals surface area contributed by atoms with Crippen LogP contribution in [0.3, 0.4) is 0 Å². The topological polar surface area (TPSA) is 124 Å². The van der Waals surface area contributed by atoms with Crippen molar-refractivity contribution >= 4 is 11.9 Å². The fourth-order valence-corrected chi connectivity index (χ4v) is 6.48. The lowest BCUT2D eigenvalue weighted by molar-refractivity contribution is -0.195. The van der Waals surface area contributed by atoms with Crippen LogP contribution in [0.4, 0.5) is 0 Å². The fourth-order valence-electron chi connectivity index (χ4n) is 6.48. The van der Waals surface area contributed by atoms with Crippen LogP contribution in [0, 0.1) is 5.92 Å². The Morgan fingerprint density at radius 1 is 1.21 bits per heavy atom. The number of aliphatic hydroxyl groups excluding tert-OH is 1. The first-order chi connectivity index (χ1) is 18.1. The number of nitrogens with zero attached hydrogens (tertiary/aromatic N) is 1. The van der Waals surface area contributed by atoms with Gasteiger partial charge in [-0.05, 0) is 73.9 Å². The Kier molecular flexibility index (Phi) is 7.08. The zero-order chi connectivity index (χ0) is 27.2. The van der Waals surface area contributed by atoms with E-state index in [2.05, 4.69) is 9.64 Å². The number of ether oxygens (including phenoxy) is 5. The summed E-state index contributed by atoms with van der Waals surface area (Å²) >= 11 is 0. The molecule has 208 valence electrons. The molecule has 2 N–H and O–H groups in total. The normalized spacial score (nSPS) is 27.9. The third-order valence-electron chi connectivity index (χ3n) is 8.53. The summed E-state index contributed by atoms with van der Waals surface area (Å²) in [6.45, 7) is 5.70. The number of carbonyl (C=O) groups is 2. The molecule has 10 nitrogen and oxygen atoms in total. The van der Waals surface area contributed by atoms with Crippen LogP contribution >= 0.6 is 0 Å². The Hall–Kier alpha value is -2.82. The van der Waals surface area contributed by atoms with Crippen LogP contribution in [-0.4, -0.2) is 84.5 Å². The van der Waals surface area contributed by atoms with Crippen molar-refractivity contribution in [3.63, 3.8) is 0 Å². The lowest BCUT2D eigenvalue weighted by atomic mass is 9.77. The summed E-state index contributed by atoms with van der Waals surface area (Å²) in [5.74, 6) is -0.634. The minimum absolute atomic E-state index is 0.105. The SMILES string of the molecule is COC(=O)[C@H](O)[C@](O)(CCC(C)C)C(=O)O[C@@H]1C(OC)=C[C@]23CCCN2CCc2cc4c(cc2[C@@H]13)OCO4. The van der Waals surface area contributed by atoms with E-state index in [1.165, 1.54) is 7.11 Å². The van der Waals surface area contributed by atoms with E-state index in [4.69, 9.17) is 18.9 Å². The maximum atomic E-state index is 13.7. The van der Waals surface area contributed by atoms with E-state index in [-0.39, 0.29) is 25.0 Å². The zero-order valence-corrected chi connectivity index (χ0v) is 22.4. The lowest BCUT2D eigenvalue weighted by Crippen LogP contribution is -2.56. The van der Waals surface area contributed by atoms with Crippen LogP contribution in [0.1, 0.15) is 56.6 Å². The first-order valence-electron chi connectivity index (χ1n) is 13.3. The van der Waals surface area contributed by atoms with Gasteiger partial charge in [-0.3, -0.25) is 4.90 Å². The highest BCUT2D eigenvalue weighted by Gasteiger charge is 2.59. The summed E-state index contributed by atoms with van der Waals surface area (Å²) < 4.78 is 27.8. The molecule has 0 bridgehead atoms. The zero-order valence-electron chi connectivity index (χ0n) is 22.4. The number of benzene rings is 1. The molecule has 1 aromatic rings. The van der Waals surface area contributed by atoms with E-state index >= 15 is 0 Å². The molecule has 3 aliphatic heterocycles. The molecule has 1 saturated heterocycles. The minimum Gasteiger partial charge on any atom is -0.497 e. The third-order valence-corrected chi connectivity index (χ3v) is 8.53. The molecule has 1 aromatic carbocycles. The number of hydrogen-bond donors (Lipinski definition) is 2. The summed E-state index contributed by atoms with van der Waals surface area (Å²) in [5.41, 5.74) is -0.890. The second-order valence-electron chi connectivity index (χ2n) is 11.1. The van der Waals surface area contributed by atoms with Crippen LogP contribution in [0.2, 0.25) is 0 Å². The molecular formula is C28H37NO9. The first kappa shape index (κ1) is 26.8. The molecule has 4 aliphatic rings. The van der Waals surface area contributed by atoms with Gasteiger partial charge in [-0.1, -0.05) is 13.8 Å². The van der Waals surface area contributed by atoms with Crippen LogP contribution < -0.4 is 9.47 Å². The number of esters is 2. The van der Waals surface area contributed by atoms with Crippen LogP contribution in [-0.2, 0) is 30.2 Å². The minimum atomic E-state index is -2.48. The van der Waals surface area contributed by atoms with Gasteiger partial charge < -0.3 is 33.9 Å². The van der Waals surface area contributed by atoms with Gasteiger partial charge in [0.05, 0.1) is 25.7 Å². The second kappa shape index (κ2) is 10.1. The van der Waals surface area contributed by atoms with E-state index in [1.807, 2.05) is 32.1 Å². The van der Waals surface area contributed by atoms with Gasteiger partial charge in [-0.15, -0.1) is 0 Å². The number of methoxy groups -OCH3 is 2. The summed E-state index contributed by atoms with van der Waals surface area (Å²) in [6, 6.07) is 3.96. The van der Waals surface area contributed by atoms with Crippen molar-refractivity contribution < 1.29 is 43.5 Å². The molecule has 0 unspecified atom stereocenters. The van der Waals surface area contributed by atoms with Crippen LogP contribution in [0.15, 0.2) is 24.0 Å². The fraction of sp³-hybridized carbons (Fsp3) is 0.643. The van der Waals surface area contributed by atoms with E-state index in [9.17, 15) is 19.8 Å². The highest BCUT2D eigenvalue weighted by Crippen LogP contribution is 2.55. The molecule has 0 saturated carbocycles. The van der Waals surface area contributed by atoms with Crippen LogP contribution in [0.5, 0.6) is 11.5 Å². The van der Waals surface area contributed by atoms with Gasteiger partial charge in [0.1, 0.15) is 5.76 Å². The largest absolute Gasteiger partial charge is 0.497 e.